The van der Waals surface area contributed by atoms with E-state index in [-0.39, 0.29) is 47.4 Å². The van der Waals surface area contributed by atoms with E-state index < -0.39 is 5.37 Å². The van der Waals surface area contributed by atoms with Gasteiger partial charge in [-0.15, -0.1) is 11.8 Å². The summed E-state index contributed by atoms with van der Waals surface area (Å²) in [6.07, 6.45) is 0.525. The average molecular weight is 429 g/mol. The van der Waals surface area contributed by atoms with Crippen molar-refractivity contribution >= 4 is 17.7 Å². The van der Waals surface area contributed by atoms with Gasteiger partial charge in [0.1, 0.15) is 0 Å². The monoisotopic (exact) mass is 428 g/mol. The molecule has 1 aromatic heterocycles. The van der Waals surface area contributed by atoms with Gasteiger partial charge in [0.25, 0.3) is 0 Å². The first-order valence-corrected chi connectivity index (χ1v) is 11.6. The molecule has 160 valence electrons. The minimum absolute atomic E-state index is 0.0495. The lowest BCUT2D eigenvalue weighted by molar-refractivity contribution is -0.134. The molecule has 0 bridgehead atoms. The van der Waals surface area contributed by atoms with Crippen molar-refractivity contribution in [2.45, 2.75) is 37.1 Å². The van der Waals surface area contributed by atoms with E-state index in [2.05, 4.69) is 53.3 Å². The number of pyridine rings is 1. The van der Waals surface area contributed by atoms with Crippen LogP contribution in [0.3, 0.4) is 0 Å². The summed E-state index contributed by atoms with van der Waals surface area (Å²) in [4.78, 5) is 21.2. The molecule has 2 atom stereocenters. The van der Waals surface area contributed by atoms with Gasteiger partial charge in [0.05, 0.1) is 16.9 Å². The molecule has 1 amide bonds. The van der Waals surface area contributed by atoms with Crippen molar-refractivity contribution in [1.29, 1.82) is 0 Å². The summed E-state index contributed by atoms with van der Waals surface area (Å²) in [7, 11) is 0. The zero-order valence-corrected chi connectivity index (χ0v) is 18.5. The highest BCUT2D eigenvalue weighted by atomic mass is 32.2. The Morgan fingerprint density at radius 2 is 2.03 bits per heavy atom. The Kier molecular flexibility index (Phi) is 5.31. The Morgan fingerprint density at radius 3 is 2.80 bits per heavy atom. The quantitative estimate of drug-likeness (QED) is 0.765. The number of thioether (sulfide) groups is 1. The van der Waals surface area contributed by atoms with Crippen LogP contribution in [-0.2, 0) is 10.2 Å². The number of amides is 1. The van der Waals surface area contributed by atoms with Crippen LogP contribution >= 0.6 is 11.8 Å². The third kappa shape index (κ3) is 5.05. The molecular formula is C24H32N4OS. The van der Waals surface area contributed by atoms with Gasteiger partial charge >= 0.3 is 0 Å². The molecule has 1 aromatic carbocycles. The zero-order valence-electron chi connectivity index (χ0n) is 21.6. The SMILES string of the molecule is [2H]c1nc([2H])c(C2N[C@H](C(=O)N3CCN(CCC(C)(C)c4ccccc4)CC3)CS2)c([2H])c1[2H]. The third-order valence-electron chi connectivity index (χ3n) is 6.12. The van der Waals surface area contributed by atoms with Gasteiger partial charge in [0, 0.05) is 44.3 Å². The maximum Gasteiger partial charge on any atom is 0.240 e. The fraction of sp³-hybridized carbons (Fsp3) is 0.500. The highest BCUT2D eigenvalue weighted by molar-refractivity contribution is 7.99. The van der Waals surface area contributed by atoms with Crippen LogP contribution in [0, 0.1) is 0 Å². The summed E-state index contributed by atoms with van der Waals surface area (Å²) in [5.41, 5.74) is 1.74. The minimum Gasteiger partial charge on any atom is -0.339 e. The predicted octanol–water partition coefficient (Wildman–Crippen LogP) is 3.30. The van der Waals surface area contributed by atoms with E-state index in [1.807, 2.05) is 11.0 Å². The lowest BCUT2D eigenvalue weighted by Crippen LogP contribution is -2.54. The molecule has 1 unspecified atom stereocenters. The van der Waals surface area contributed by atoms with Gasteiger partial charge in [-0.3, -0.25) is 20.0 Å². The first kappa shape index (κ1) is 16.8. The molecular weight excluding hydrogens is 392 g/mol. The highest BCUT2D eigenvalue weighted by Gasteiger charge is 2.34. The molecule has 0 spiro atoms. The normalized spacial score (nSPS) is 24.8. The lowest BCUT2D eigenvalue weighted by Gasteiger charge is -2.37. The summed E-state index contributed by atoms with van der Waals surface area (Å²) in [6.45, 7) is 8.65. The van der Waals surface area contributed by atoms with E-state index in [0.29, 0.717) is 18.8 Å². The molecule has 1 N–H and O–H groups in total. The number of nitrogens with one attached hydrogen (secondary N) is 1. The van der Waals surface area contributed by atoms with Crippen LogP contribution in [0.5, 0.6) is 0 Å². The third-order valence-corrected chi connectivity index (χ3v) is 7.35. The van der Waals surface area contributed by atoms with Gasteiger partial charge in [-0.05, 0) is 35.5 Å². The number of rotatable bonds is 6. The molecule has 4 rings (SSSR count). The molecule has 2 aromatic rings. The van der Waals surface area contributed by atoms with Crippen LogP contribution in [0.1, 0.15) is 42.3 Å². The lowest BCUT2D eigenvalue weighted by atomic mass is 9.81. The molecule has 2 aliphatic heterocycles. The zero-order chi connectivity index (χ0) is 24.5. The Morgan fingerprint density at radius 1 is 1.27 bits per heavy atom. The number of nitrogens with zero attached hydrogens (tertiary/aromatic N) is 3. The molecule has 6 heteroatoms. The average Bonchev–Trinajstić information content (AvgIpc) is 3.31. The number of benzene rings is 1. The number of carbonyl (C=O) groups is 1. The summed E-state index contributed by atoms with van der Waals surface area (Å²) in [5.74, 6) is 0.595. The van der Waals surface area contributed by atoms with E-state index in [1.54, 1.807) is 0 Å². The Labute approximate surface area is 189 Å². The topological polar surface area (TPSA) is 48.5 Å². The second-order valence-corrected chi connectivity index (χ2v) is 9.74. The van der Waals surface area contributed by atoms with Crippen molar-refractivity contribution < 1.29 is 10.3 Å². The van der Waals surface area contributed by atoms with Crippen LogP contribution in [-0.4, -0.2) is 65.2 Å². The minimum atomic E-state index is -0.437. The molecule has 5 nitrogen and oxygen atoms in total. The summed E-state index contributed by atoms with van der Waals surface area (Å²) < 4.78 is 31.7. The second-order valence-electron chi connectivity index (χ2n) is 8.60. The van der Waals surface area contributed by atoms with E-state index in [4.69, 9.17) is 5.48 Å². The number of hydrogen-bond acceptors (Lipinski definition) is 5. The summed E-state index contributed by atoms with van der Waals surface area (Å²) in [6, 6.07) is 9.77. The Hall–Kier alpha value is -1.89. The number of carbonyl (C=O) groups excluding carboxylic acids is 1. The number of piperazine rings is 1. The fourth-order valence-corrected chi connectivity index (χ4v) is 5.19. The van der Waals surface area contributed by atoms with Crippen LogP contribution in [0.25, 0.3) is 0 Å². The van der Waals surface area contributed by atoms with Crippen LogP contribution in [0.2, 0.25) is 0 Å². The van der Waals surface area contributed by atoms with Crippen LogP contribution in [0.4, 0.5) is 0 Å². The number of hydrogen-bond donors (Lipinski definition) is 1. The van der Waals surface area contributed by atoms with Gasteiger partial charge in [-0.2, -0.15) is 0 Å². The van der Waals surface area contributed by atoms with Crippen molar-refractivity contribution in [3.63, 3.8) is 0 Å². The van der Waals surface area contributed by atoms with Crippen molar-refractivity contribution in [3.05, 3.63) is 65.9 Å². The first-order chi connectivity index (χ1) is 16.2. The van der Waals surface area contributed by atoms with Gasteiger partial charge in [-0.1, -0.05) is 50.2 Å². The molecule has 3 heterocycles. The van der Waals surface area contributed by atoms with Gasteiger partial charge in [0.2, 0.25) is 5.91 Å². The largest absolute Gasteiger partial charge is 0.339 e. The molecule has 2 aliphatic rings. The number of aromatic nitrogens is 1. The highest BCUT2D eigenvalue weighted by Crippen LogP contribution is 2.33. The molecule has 30 heavy (non-hydrogen) atoms. The van der Waals surface area contributed by atoms with E-state index >= 15 is 0 Å². The Balaban J connectivity index is 1.29. The van der Waals surface area contributed by atoms with Crippen molar-refractivity contribution in [2.24, 2.45) is 0 Å². The summed E-state index contributed by atoms with van der Waals surface area (Å²) in [5, 5.41) is 2.80. The molecule has 0 aliphatic carbocycles. The Bertz CT molecular complexity index is 1030. The maximum atomic E-state index is 13.1. The van der Waals surface area contributed by atoms with E-state index in [9.17, 15) is 4.79 Å². The maximum absolute atomic E-state index is 13.1. The second kappa shape index (κ2) is 9.50. The smallest absolute Gasteiger partial charge is 0.240 e. The van der Waals surface area contributed by atoms with Crippen LogP contribution in [0.15, 0.2) is 54.8 Å². The standard InChI is InChI=1S/C24H32N4OS/c1-24(2,20-8-4-3-5-9-20)10-12-27-13-15-28(16-14-27)23(29)21-18-30-22(26-21)19-7-6-11-25-17-19/h3-9,11,17,21-22,26H,10,12-16,18H2,1-2H3/t21-,22?/m0/s1/i6D,7D,11D,17D. The summed E-state index contributed by atoms with van der Waals surface area (Å²) >= 11 is 1.45. The molecule has 2 fully saturated rings. The van der Waals surface area contributed by atoms with Gasteiger partial charge in [-0.25, -0.2) is 0 Å². The van der Waals surface area contributed by atoms with E-state index in [1.165, 1.54) is 17.3 Å². The first-order valence-electron chi connectivity index (χ1n) is 12.6. The van der Waals surface area contributed by atoms with Gasteiger partial charge in [0.15, 0.2) is 0 Å². The van der Waals surface area contributed by atoms with Crippen molar-refractivity contribution in [3.8, 4) is 0 Å². The van der Waals surface area contributed by atoms with Crippen LogP contribution < -0.4 is 5.32 Å². The predicted molar refractivity (Wildman–Crippen MR) is 123 cm³/mol. The van der Waals surface area contributed by atoms with Crippen molar-refractivity contribution in [2.75, 3.05) is 38.5 Å². The molecule has 0 saturated carbocycles. The van der Waals surface area contributed by atoms with Crippen molar-refractivity contribution in [1.82, 2.24) is 20.1 Å². The fourth-order valence-electron chi connectivity index (χ4n) is 4.03. The van der Waals surface area contributed by atoms with E-state index in [0.717, 1.165) is 26.1 Å². The molecule has 0 radical (unpaired) electrons. The molecule has 2 saturated heterocycles. The van der Waals surface area contributed by atoms with Gasteiger partial charge < -0.3 is 4.90 Å².